The SMILES string of the molecule is COc1ccccc1CC(O)c1cc(F)ccc1Cl. The van der Waals surface area contributed by atoms with Crippen LogP contribution in [0.15, 0.2) is 42.5 Å². The molecule has 0 fully saturated rings. The molecule has 0 saturated carbocycles. The Hall–Kier alpha value is -1.58. The highest BCUT2D eigenvalue weighted by Gasteiger charge is 2.15. The number of halogens is 2. The molecule has 0 aliphatic heterocycles. The number of methoxy groups -OCH3 is 1. The average molecular weight is 281 g/mol. The number of ether oxygens (including phenoxy) is 1. The van der Waals surface area contributed by atoms with E-state index in [1.165, 1.54) is 18.2 Å². The Balaban J connectivity index is 2.25. The van der Waals surface area contributed by atoms with Crippen LogP contribution in [0.25, 0.3) is 0 Å². The highest BCUT2D eigenvalue weighted by Crippen LogP contribution is 2.29. The zero-order valence-corrected chi connectivity index (χ0v) is 11.2. The zero-order valence-electron chi connectivity index (χ0n) is 10.4. The molecule has 0 amide bonds. The van der Waals surface area contributed by atoms with Crippen molar-refractivity contribution in [1.82, 2.24) is 0 Å². The molecule has 0 radical (unpaired) electrons. The fraction of sp³-hybridized carbons (Fsp3) is 0.200. The molecule has 0 aromatic heterocycles. The van der Waals surface area contributed by atoms with Crippen LogP contribution in [0.1, 0.15) is 17.2 Å². The van der Waals surface area contributed by atoms with Gasteiger partial charge in [0.15, 0.2) is 0 Å². The van der Waals surface area contributed by atoms with Gasteiger partial charge in [0.1, 0.15) is 11.6 Å². The minimum absolute atomic E-state index is 0.313. The summed E-state index contributed by atoms with van der Waals surface area (Å²) in [5.74, 6) is 0.271. The van der Waals surface area contributed by atoms with Gasteiger partial charge in [0.2, 0.25) is 0 Å². The Morgan fingerprint density at radius 1 is 1.26 bits per heavy atom. The molecular weight excluding hydrogens is 267 g/mol. The number of benzene rings is 2. The molecule has 0 bridgehead atoms. The first kappa shape index (κ1) is 13.8. The summed E-state index contributed by atoms with van der Waals surface area (Å²) in [5.41, 5.74) is 1.23. The normalized spacial score (nSPS) is 12.2. The van der Waals surface area contributed by atoms with Crippen molar-refractivity contribution in [1.29, 1.82) is 0 Å². The van der Waals surface area contributed by atoms with Crippen LogP contribution in [0.5, 0.6) is 5.75 Å². The predicted octanol–water partition coefficient (Wildman–Crippen LogP) is 3.76. The third kappa shape index (κ3) is 3.25. The van der Waals surface area contributed by atoms with Gasteiger partial charge in [-0.1, -0.05) is 29.8 Å². The smallest absolute Gasteiger partial charge is 0.123 e. The fourth-order valence-electron chi connectivity index (χ4n) is 1.96. The lowest BCUT2D eigenvalue weighted by molar-refractivity contribution is 0.177. The molecule has 0 heterocycles. The molecule has 0 spiro atoms. The van der Waals surface area contributed by atoms with Crippen LogP contribution in [-0.4, -0.2) is 12.2 Å². The Morgan fingerprint density at radius 3 is 2.74 bits per heavy atom. The van der Waals surface area contributed by atoms with Gasteiger partial charge >= 0.3 is 0 Å². The molecule has 0 aliphatic rings. The largest absolute Gasteiger partial charge is 0.496 e. The molecule has 100 valence electrons. The summed E-state index contributed by atoms with van der Waals surface area (Å²) >= 11 is 5.97. The number of aliphatic hydroxyl groups is 1. The van der Waals surface area contributed by atoms with Gasteiger partial charge in [0.05, 0.1) is 13.2 Å². The van der Waals surface area contributed by atoms with Crippen molar-refractivity contribution in [2.24, 2.45) is 0 Å². The summed E-state index contributed by atoms with van der Waals surface area (Å²) in [6, 6.07) is 11.3. The first-order chi connectivity index (χ1) is 9.11. The monoisotopic (exact) mass is 280 g/mol. The fourth-order valence-corrected chi connectivity index (χ4v) is 2.20. The topological polar surface area (TPSA) is 29.5 Å². The lowest BCUT2D eigenvalue weighted by Gasteiger charge is -2.15. The first-order valence-electron chi connectivity index (χ1n) is 5.86. The van der Waals surface area contributed by atoms with E-state index in [-0.39, 0.29) is 0 Å². The number of hydrogen-bond acceptors (Lipinski definition) is 2. The molecule has 2 aromatic rings. The number of hydrogen-bond donors (Lipinski definition) is 1. The summed E-state index contributed by atoms with van der Waals surface area (Å²) in [4.78, 5) is 0. The van der Waals surface area contributed by atoms with Crippen LogP contribution in [0.4, 0.5) is 4.39 Å². The van der Waals surface area contributed by atoms with Crippen molar-refractivity contribution in [3.05, 3.63) is 64.4 Å². The molecule has 0 aliphatic carbocycles. The van der Waals surface area contributed by atoms with Crippen molar-refractivity contribution in [3.8, 4) is 5.75 Å². The van der Waals surface area contributed by atoms with Crippen molar-refractivity contribution < 1.29 is 14.2 Å². The van der Waals surface area contributed by atoms with E-state index >= 15 is 0 Å². The highest BCUT2D eigenvalue weighted by molar-refractivity contribution is 6.31. The highest BCUT2D eigenvalue weighted by atomic mass is 35.5. The molecule has 1 unspecified atom stereocenters. The van der Waals surface area contributed by atoms with Crippen LogP contribution in [-0.2, 0) is 6.42 Å². The van der Waals surface area contributed by atoms with Gasteiger partial charge in [-0.15, -0.1) is 0 Å². The molecule has 1 atom stereocenters. The molecule has 0 saturated heterocycles. The second-order valence-corrected chi connectivity index (χ2v) is 4.60. The second-order valence-electron chi connectivity index (χ2n) is 4.20. The molecule has 2 aromatic carbocycles. The number of aliphatic hydroxyl groups excluding tert-OH is 1. The molecule has 2 nitrogen and oxygen atoms in total. The molecular formula is C15H14ClFO2. The molecule has 19 heavy (non-hydrogen) atoms. The lowest BCUT2D eigenvalue weighted by Crippen LogP contribution is -2.04. The Morgan fingerprint density at radius 2 is 2.00 bits per heavy atom. The second kappa shape index (κ2) is 6.04. The van der Waals surface area contributed by atoms with Crippen LogP contribution in [0, 0.1) is 5.82 Å². The van der Waals surface area contributed by atoms with Crippen LogP contribution in [0.3, 0.4) is 0 Å². The predicted molar refractivity (Wildman–Crippen MR) is 73.1 cm³/mol. The van der Waals surface area contributed by atoms with Crippen molar-refractivity contribution in [2.45, 2.75) is 12.5 Å². The van der Waals surface area contributed by atoms with Gasteiger partial charge < -0.3 is 9.84 Å². The number of rotatable bonds is 4. The van der Waals surface area contributed by atoms with E-state index in [0.717, 1.165) is 5.56 Å². The quantitative estimate of drug-likeness (QED) is 0.924. The zero-order chi connectivity index (χ0) is 13.8. The minimum atomic E-state index is -0.875. The average Bonchev–Trinajstić information content (AvgIpc) is 2.42. The van der Waals surface area contributed by atoms with Gasteiger partial charge in [-0.25, -0.2) is 4.39 Å². The van der Waals surface area contributed by atoms with E-state index in [1.54, 1.807) is 7.11 Å². The Kier molecular flexibility index (Phi) is 4.40. The van der Waals surface area contributed by atoms with Crippen molar-refractivity contribution >= 4 is 11.6 Å². The number of para-hydroxylation sites is 1. The maximum absolute atomic E-state index is 13.2. The van der Waals surface area contributed by atoms with E-state index < -0.39 is 11.9 Å². The Bertz CT molecular complexity index is 572. The van der Waals surface area contributed by atoms with Crippen LogP contribution >= 0.6 is 11.6 Å². The van der Waals surface area contributed by atoms with E-state index in [9.17, 15) is 9.50 Å². The van der Waals surface area contributed by atoms with Crippen molar-refractivity contribution in [2.75, 3.05) is 7.11 Å². The van der Waals surface area contributed by atoms with Gasteiger partial charge in [0, 0.05) is 17.0 Å². The minimum Gasteiger partial charge on any atom is -0.496 e. The van der Waals surface area contributed by atoms with Gasteiger partial charge in [-0.2, -0.15) is 0 Å². The van der Waals surface area contributed by atoms with Gasteiger partial charge in [0.25, 0.3) is 0 Å². The Labute approximate surface area is 116 Å². The lowest BCUT2D eigenvalue weighted by atomic mass is 10.0. The summed E-state index contributed by atoms with van der Waals surface area (Å²) in [7, 11) is 1.57. The third-order valence-corrected chi connectivity index (χ3v) is 3.27. The van der Waals surface area contributed by atoms with Gasteiger partial charge in [-0.05, 0) is 29.8 Å². The van der Waals surface area contributed by atoms with Crippen LogP contribution in [0.2, 0.25) is 5.02 Å². The third-order valence-electron chi connectivity index (χ3n) is 2.92. The molecule has 2 rings (SSSR count). The summed E-state index contributed by atoms with van der Waals surface area (Å²) in [6.45, 7) is 0. The summed E-state index contributed by atoms with van der Waals surface area (Å²) in [5, 5.41) is 10.5. The summed E-state index contributed by atoms with van der Waals surface area (Å²) < 4.78 is 18.4. The standard InChI is InChI=1S/C15H14ClFO2/c1-19-15-5-3-2-4-10(15)8-14(18)12-9-11(17)6-7-13(12)16/h2-7,9,14,18H,8H2,1H3. The summed E-state index contributed by atoms with van der Waals surface area (Å²) in [6.07, 6.45) is -0.563. The first-order valence-corrected chi connectivity index (χ1v) is 6.24. The maximum atomic E-state index is 13.2. The van der Waals surface area contributed by atoms with Crippen LogP contribution < -0.4 is 4.74 Å². The maximum Gasteiger partial charge on any atom is 0.123 e. The molecule has 4 heteroatoms. The van der Waals surface area contributed by atoms with E-state index in [0.29, 0.717) is 22.8 Å². The molecule has 1 N–H and O–H groups in total. The van der Waals surface area contributed by atoms with Gasteiger partial charge in [-0.3, -0.25) is 0 Å². The van der Waals surface area contributed by atoms with E-state index in [4.69, 9.17) is 16.3 Å². The van der Waals surface area contributed by atoms with Crippen molar-refractivity contribution in [3.63, 3.8) is 0 Å². The van der Waals surface area contributed by atoms with E-state index in [2.05, 4.69) is 0 Å². The van der Waals surface area contributed by atoms with E-state index in [1.807, 2.05) is 24.3 Å².